The van der Waals surface area contributed by atoms with Gasteiger partial charge in [0.05, 0.1) is 4.90 Å². The molecular weight excluding hydrogens is 454 g/mol. The molecule has 1 heterocycles. The molecule has 10 heteroatoms. The highest BCUT2D eigenvalue weighted by Crippen LogP contribution is 2.19. The number of benzene rings is 2. The molecule has 0 aromatic heterocycles. The van der Waals surface area contributed by atoms with Crippen molar-refractivity contribution in [1.82, 2.24) is 15.1 Å². The summed E-state index contributed by atoms with van der Waals surface area (Å²) >= 11 is 5.94. The van der Waals surface area contributed by atoms with E-state index in [0.29, 0.717) is 18.1 Å². The van der Waals surface area contributed by atoms with E-state index in [2.05, 4.69) is 5.32 Å². The third kappa shape index (κ3) is 5.28. The average molecular weight is 478 g/mol. The van der Waals surface area contributed by atoms with E-state index in [1.165, 1.54) is 36.1 Å². The molecule has 32 heavy (non-hydrogen) atoms. The maximum Gasteiger partial charge on any atom is 0.261 e. The Kier molecular flexibility index (Phi) is 7.20. The second-order valence-corrected chi connectivity index (χ2v) is 10.0. The van der Waals surface area contributed by atoms with Gasteiger partial charge < -0.3 is 15.1 Å². The Balaban J connectivity index is 1.92. The van der Waals surface area contributed by atoms with Crippen molar-refractivity contribution in [3.05, 3.63) is 64.7 Å². The summed E-state index contributed by atoms with van der Waals surface area (Å²) in [5.74, 6) is -1.59. The third-order valence-electron chi connectivity index (χ3n) is 5.27. The summed E-state index contributed by atoms with van der Waals surface area (Å²) in [7, 11) is -4.25. The fourth-order valence-electron chi connectivity index (χ4n) is 3.38. The first-order valence-electron chi connectivity index (χ1n) is 10.0. The zero-order chi connectivity index (χ0) is 23.5. The zero-order valence-corrected chi connectivity index (χ0v) is 19.3. The number of hydrogen-bond donors (Lipinski definition) is 1. The van der Waals surface area contributed by atoms with Crippen molar-refractivity contribution >= 4 is 39.2 Å². The summed E-state index contributed by atoms with van der Waals surface area (Å²) < 4.78 is 26.8. The van der Waals surface area contributed by atoms with Crippen LogP contribution in [0.2, 0.25) is 5.02 Å². The van der Waals surface area contributed by atoms with Crippen molar-refractivity contribution in [1.29, 1.82) is 0 Å². The van der Waals surface area contributed by atoms with Crippen LogP contribution in [0.15, 0.2) is 53.4 Å². The molecule has 0 aliphatic carbocycles. The van der Waals surface area contributed by atoms with Crippen LogP contribution in [0.4, 0.5) is 0 Å². The van der Waals surface area contributed by atoms with Crippen LogP contribution in [0.5, 0.6) is 0 Å². The van der Waals surface area contributed by atoms with Gasteiger partial charge >= 0.3 is 0 Å². The van der Waals surface area contributed by atoms with Gasteiger partial charge in [-0.25, -0.2) is 8.42 Å². The number of piperazine rings is 1. The number of aryl methyl sites for hydroxylation is 1. The van der Waals surface area contributed by atoms with E-state index in [1.54, 1.807) is 29.2 Å². The van der Waals surface area contributed by atoms with E-state index in [0.717, 1.165) is 5.56 Å². The monoisotopic (exact) mass is 477 g/mol. The van der Waals surface area contributed by atoms with Gasteiger partial charge in [-0.15, -0.1) is 0 Å². The quantitative estimate of drug-likeness (QED) is 0.708. The Morgan fingerprint density at radius 1 is 0.969 bits per heavy atom. The van der Waals surface area contributed by atoms with E-state index in [4.69, 9.17) is 11.6 Å². The van der Waals surface area contributed by atoms with Crippen molar-refractivity contribution in [3.8, 4) is 0 Å². The summed E-state index contributed by atoms with van der Waals surface area (Å²) in [5, 5.41) is 0.876. The first-order valence-corrected chi connectivity index (χ1v) is 11.9. The maximum absolute atomic E-state index is 13.4. The van der Waals surface area contributed by atoms with Crippen molar-refractivity contribution in [3.63, 3.8) is 0 Å². The lowest BCUT2D eigenvalue weighted by Crippen LogP contribution is -2.57. The Labute approximate surface area is 192 Å². The Hall–Kier alpha value is -2.91. The molecule has 0 bridgehead atoms. The van der Waals surface area contributed by atoms with Crippen molar-refractivity contribution in [2.45, 2.75) is 24.1 Å². The third-order valence-corrected chi connectivity index (χ3v) is 7.37. The predicted octanol–water partition coefficient (Wildman–Crippen LogP) is 1.87. The zero-order valence-electron chi connectivity index (χ0n) is 17.7. The molecule has 0 radical (unpaired) electrons. The van der Waals surface area contributed by atoms with E-state index in [-0.39, 0.29) is 29.5 Å². The van der Waals surface area contributed by atoms with Crippen LogP contribution >= 0.6 is 11.6 Å². The van der Waals surface area contributed by atoms with Crippen LogP contribution in [-0.4, -0.2) is 67.5 Å². The number of amides is 3. The average Bonchev–Trinajstić information content (AvgIpc) is 2.77. The highest BCUT2D eigenvalue weighted by atomic mass is 35.5. The summed E-state index contributed by atoms with van der Waals surface area (Å²) in [4.78, 5) is 40.5. The second-order valence-electron chi connectivity index (χ2n) is 7.55. The van der Waals surface area contributed by atoms with Gasteiger partial charge in [0, 0.05) is 43.7 Å². The molecule has 0 spiro atoms. The number of sulfone groups is 1. The summed E-state index contributed by atoms with van der Waals surface area (Å²) in [6.45, 7) is 4.18. The van der Waals surface area contributed by atoms with E-state index in [1.807, 2.05) is 6.92 Å². The van der Waals surface area contributed by atoms with Gasteiger partial charge in [-0.05, 0) is 37.3 Å². The van der Waals surface area contributed by atoms with Crippen molar-refractivity contribution < 1.29 is 22.8 Å². The lowest BCUT2D eigenvalue weighted by molar-refractivity contribution is -0.138. The normalized spacial score (nSPS) is 15.2. The topological polar surface area (TPSA) is 104 Å². The first-order chi connectivity index (χ1) is 15.1. The smallest absolute Gasteiger partial charge is 0.261 e. The molecule has 170 valence electrons. The number of halogens is 1. The fourth-order valence-corrected chi connectivity index (χ4v) is 5.03. The minimum Gasteiger partial charge on any atom is -0.339 e. The molecule has 3 rings (SSSR count). The van der Waals surface area contributed by atoms with Crippen LogP contribution < -0.4 is 5.32 Å². The molecule has 2 aromatic rings. The Morgan fingerprint density at radius 3 is 2.12 bits per heavy atom. The number of carbonyl (C=O) groups excluding carboxylic acids is 3. The summed E-state index contributed by atoms with van der Waals surface area (Å²) in [6, 6.07) is 12.1. The molecule has 1 aliphatic heterocycles. The fraction of sp³-hybridized carbons (Fsp3) is 0.318. The molecule has 1 fully saturated rings. The minimum absolute atomic E-state index is 0.0739. The van der Waals surface area contributed by atoms with Gasteiger partial charge in [0.25, 0.3) is 11.8 Å². The van der Waals surface area contributed by atoms with E-state index >= 15 is 0 Å². The largest absolute Gasteiger partial charge is 0.339 e. The van der Waals surface area contributed by atoms with E-state index < -0.39 is 27.0 Å². The molecule has 1 atom stereocenters. The molecule has 2 aromatic carbocycles. The predicted molar refractivity (Wildman–Crippen MR) is 120 cm³/mol. The Morgan fingerprint density at radius 2 is 1.56 bits per heavy atom. The molecule has 3 amide bonds. The maximum atomic E-state index is 13.4. The molecule has 1 N–H and O–H groups in total. The SMILES string of the molecule is CC(=O)N1CCN(C(=O)C(NC(=O)c2cccc(Cl)c2)S(=O)(=O)c2ccc(C)cc2)CC1. The van der Waals surface area contributed by atoms with Gasteiger partial charge in [0.15, 0.2) is 0 Å². The van der Waals surface area contributed by atoms with Gasteiger partial charge in [-0.1, -0.05) is 35.4 Å². The Bertz CT molecular complexity index is 1130. The van der Waals surface area contributed by atoms with Gasteiger partial charge in [-0.3, -0.25) is 14.4 Å². The number of rotatable bonds is 5. The summed E-state index contributed by atoms with van der Waals surface area (Å²) in [5.41, 5.74) is 0.992. The van der Waals surface area contributed by atoms with Crippen LogP contribution in [0.1, 0.15) is 22.8 Å². The van der Waals surface area contributed by atoms with Gasteiger partial charge in [0.1, 0.15) is 0 Å². The highest BCUT2D eigenvalue weighted by molar-refractivity contribution is 7.92. The molecule has 1 saturated heterocycles. The number of carbonyl (C=O) groups is 3. The van der Waals surface area contributed by atoms with Gasteiger partial charge in [0.2, 0.25) is 21.1 Å². The van der Waals surface area contributed by atoms with Gasteiger partial charge in [-0.2, -0.15) is 0 Å². The van der Waals surface area contributed by atoms with Crippen molar-refractivity contribution in [2.24, 2.45) is 0 Å². The first kappa shape index (κ1) is 23.7. The van der Waals surface area contributed by atoms with Crippen LogP contribution in [0, 0.1) is 6.92 Å². The number of nitrogens with zero attached hydrogens (tertiary/aromatic N) is 2. The molecule has 8 nitrogen and oxygen atoms in total. The van der Waals surface area contributed by atoms with Crippen LogP contribution in [0.3, 0.4) is 0 Å². The molecule has 1 aliphatic rings. The van der Waals surface area contributed by atoms with Crippen molar-refractivity contribution in [2.75, 3.05) is 26.2 Å². The highest BCUT2D eigenvalue weighted by Gasteiger charge is 2.39. The van der Waals surface area contributed by atoms with Crippen LogP contribution in [-0.2, 0) is 19.4 Å². The lowest BCUT2D eigenvalue weighted by Gasteiger charge is -2.36. The number of hydrogen-bond acceptors (Lipinski definition) is 5. The van der Waals surface area contributed by atoms with E-state index in [9.17, 15) is 22.8 Å². The number of nitrogens with one attached hydrogen (secondary N) is 1. The second kappa shape index (κ2) is 9.70. The summed E-state index contributed by atoms with van der Waals surface area (Å²) in [6.07, 6.45) is 0. The van der Waals surface area contributed by atoms with Crippen LogP contribution in [0.25, 0.3) is 0 Å². The minimum atomic E-state index is -4.25. The molecule has 0 saturated carbocycles. The molecule has 1 unspecified atom stereocenters. The standard InChI is InChI=1S/C22H24ClN3O5S/c1-15-6-8-19(9-7-15)32(30,31)21(24-20(28)17-4-3-5-18(23)14-17)22(29)26-12-10-25(11-13-26)16(2)27/h3-9,14,21H,10-13H2,1-2H3,(H,24,28). The molecular formula is C22H24ClN3O5S. The lowest BCUT2D eigenvalue weighted by atomic mass is 10.2.